The molecule has 0 N–H and O–H groups in total. The van der Waals surface area contributed by atoms with Gasteiger partial charge in [-0.1, -0.05) is 30.7 Å². The van der Waals surface area contributed by atoms with E-state index in [4.69, 9.17) is 9.40 Å². The van der Waals surface area contributed by atoms with E-state index >= 15 is 0 Å². The Morgan fingerprint density at radius 2 is 1.86 bits per heavy atom. The highest BCUT2D eigenvalue weighted by Crippen LogP contribution is 2.31. The quantitative estimate of drug-likeness (QED) is 0.355. The normalized spacial score (nSPS) is 18.2. The van der Waals surface area contributed by atoms with Gasteiger partial charge in [0.15, 0.2) is 11.5 Å². The molecule has 0 radical (unpaired) electrons. The van der Waals surface area contributed by atoms with Crippen LogP contribution in [0.5, 0.6) is 0 Å². The first-order valence-corrected chi connectivity index (χ1v) is 12.5. The molecule has 1 aliphatic heterocycles. The van der Waals surface area contributed by atoms with Gasteiger partial charge in [0.25, 0.3) is 5.91 Å². The van der Waals surface area contributed by atoms with Crippen LogP contribution in [-0.4, -0.2) is 38.3 Å². The van der Waals surface area contributed by atoms with Crippen molar-refractivity contribution in [3.8, 4) is 11.3 Å². The second-order valence-corrected chi connectivity index (χ2v) is 9.84. The number of fused-ring (bicyclic) bond motifs is 1. The number of piperidine rings is 1. The standard InChI is InChI=1S/C29H32N4O2/c1-18-7-9-22(24-13-14-30-21(4)31-24)23(16-18)29(34)33-15-5-6-20(3)26(33)10-12-28-32-25-17-19(2)8-11-27(25)35-28/h7-9,11,13-14,16-17,20,26H,5-6,10,12,15H2,1-4H3/t20-,26-/m1/s1. The third kappa shape index (κ3) is 4.83. The Morgan fingerprint density at radius 3 is 2.69 bits per heavy atom. The molecule has 1 fully saturated rings. The Labute approximate surface area is 206 Å². The maximum atomic E-state index is 14.0. The molecule has 1 amide bonds. The third-order valence-electron chi connectivity index (χ3n) is 7.08. The summed E-state index contributed by atoms with van der Waals surface area (Å²) >= 11 is 0. The molecular formula is C29H32N4O2. The molecule has 0 aliphatic carbocycles. The summed E-state index contributed by atoms with van der Waals surface area (Å²) in [5.74, 6) is 1.92. The Bertz CT molecular complexity index is 1380. The number of benzene rings is 2. The molecule has 4 aromatic rings. The highest BCUT2D eigenvalue weighted by molar-refractivity contribution is 6.01. The van der Waals surface area contributed by atoms with Crippen molar-refractivity contribution in [2.45, 2.75) is 59.4 Å². The van der Waals surface area contributed by atoms with E-state index in [0.29, 0.717) is 23.7 Å². The van der Waals surface area contributed by atoms with Crippen molar-refractivity contribution >= 4 is 17.0 Å². The Morgan fingerprint density at radius 1 is 1.06 bits per heavy atom. The fourth-order valence-electron chi connectivity index (χ4n) is 5.22. The van der Waals surface area contributed by atoms with Crippen molar-refractivity contribution in [3.63, 3.8) is 0 Å². The number of nitrogens with zero attached hydrogens (tertiary/aromatic N) is 4. The van der Waals surface area contributed by atoms with Crippen molar-refractivity contribution in [1.29, 1.82) is 0 Å². The van der Waals surface area contributed by atoms with Crippen LogP contribution in [-0.2, 0) is 6.42 Å². The maximum Gasteiger partial charge on any atom is 0.254 e. The van der Waals surface area contributed by atoms with Crippen molar-refractivity contribution in [3.05, 3.63) is 77.1 Å². The molecule has 0 spiro atoms. The molecule has 0 saturated carbocycles. The van der Waals surface area contributed by atoms with Crippen LogP contribution in [0.15, 0.2) is 53.1 Å². The van der Waals surface area contributed by atoms with Crippen molar-refractivity contribution in [2.24, 2.45) is 5.92 Å². The van der Waals surface area contributed by atoms with Crippen LogP contribution in [0, 0.1) is 26.7 Å². The largest absolute Gasteiger partial charge is 0.441 e. The van der Waals surface area contributed by atoms with E-state index in [2.05, 4.69) is 34.8 Å². The summed E-state index contributed by atoms with van der Waals surface area (Å²) in [4.78, 5) is 29.6. The number of carbonyl (C=O) groups is 1. The van der Waals surface area contributed by atoms with E-state index in [-0.39, 0.29) is 11.9 Å². The summed E-state index contributed by atoms with van der Waals surface area (Å²) in [6.45, 7) is 8.97. The lowest BCUT2D eigenvalue weighted by molar-refractivity contribution is 0.0497. The highest BCUT2D eigenvalue weighted by Gasteiger charge is 2.33. The minimum atomic E-state index is 0.0738. The first-order chi connectivity index (χ1) is 16.9. The predicted molar refractivity (Wildman–Crippen MR) is 137 cm³/mol. The number of aromatic nitrogens is 3. The van der Waals surface area contributed by atoms with Crippen molar-refractivity contribution in [1.82, 2.24) is 19.9 Å². The molecule has 6 nitrogen and oxygen atoms in total. The van der Waals surface area contributed by atoms with Crippen LogP contribution in [0.2, 0.25) is 0 Å². The van der Waals surface area contributed by atoms with Crippen LogP contribution < -0.4 is 0 Å². The number of amides is 1. The minimum Gasteiger partial charge on any atom is -0.441 e. The second-order valence-electron chi connectivity index (χ2n) is 9.84. The first-order valence-electron chi connectivity index (χ1n) is 12.5. The molecule has 180 valence electrons. The van der Waals surface area contributed by atoms with Crippen LogP contribution in [0.25, 0.3) is 22.4 Å². The van der Waals surface area contributed by atoms with Crippen molar-refractivity contribution in [2.75, 3.05) is 6.54 Å². The number of hydrogen-bond donors (Lipinski definition) is 0. The summed E-state index contributed by atoms with van der Waals surface area (Å²) in [6, 6.07) is 14.1. The number of oxazole rings is 1. The zero-order chi connectivity index (χ0) is 24.5. The molecule has 3 heterocycles. The zero-order valence-corrected chi connectivity index (χ0v) is 20.9. The number of aryl methyl sites for hydroxylation is 4. The van der Waals surface area contributed by atoms with Gasteiger partial charge in [0.1, 0.15) is 11.3 Å². The highest BCUT2D eigenvalue weighted by atomic mass is 16.3. The molecule has 1 aliphatic rings. The first kappa shape index (κ1) is 23.2. The van der Waals surface area contributed by atoms with Gasteiger partial charge in [-0.25, -0.2) is 15.0 Å². The van der Waals surface area contributed by atoms with E-state index in [1.807, 2.05) is 50.2 Å². The van der Waals surface area contributed by atoms with Gasteiger partial charge in [-0.15, -0.1) is 0 Å². The number of carbonyl (C=O) groups excluding carboxylic acids is 1. The third-order valence-corrected chi connectivity index (χ3v) is 7.08. The van der Waals surface area contributed by atoms with Gasteiger partial charge in [-0.05, 0) is 75.8 Å². The summed E-state index contributed by atoms with van der Waals surface area (Å²) in [5, 5.41) is 0. The Kier molecular flexibility index (Phi) is 6.37. The molecule has 6 heteroatoms. The fourth-order valence-corrected chi connectivity index (χ4v) is 5.22. The number of hydrogen-bond acceptors (Lipinski definition) is 5. The van der Waals surface area contributed by atoms with Gasteiger partial charge in [0.2, 0.25) is 0 Å². The Hall–Kier alpha value is -3.54. The lowest BCUT2D eigenvalue weighted by atomic mass is 9.86. The van der Waals surface area contributed by atoms with Crippen molar-refractivity contribution < 1.29 is 9.21 Å². The average molecular weight is 469 g/mol. The summed E-state index contributed by atoms with van der Waals surface area (Å²) in [7, 11) is 0. The van der Waals surface area contributed by atoms with E-state index in [1.54, 1.807) is 6.20 Å². The summed E-state index contributed by atoms with van der Waals surface area (Å²) in [6.07, 6.45) is 5.41. The van der Waals surface area contributed by atoms with Gasteiger partial charge in [-0.2, -0.15) is 0 Å². The van der Waals surface area contributed by atoms with Crippen LogP contribution in [0.3, 0.4) is 0 Å². The topological polar surface area (TPSA) is 72.1 Å². The smallest absolute Gasteiger partial charge is 0.254 e. The SMILES string of the molecule is Cc1ccc(-c2ccnc(C)n2)c(C(=O)N2CCC[C@@H](C)[C@H]2CCc2nc3cc(C)ccc3o2)c1. The Balaban J connectivity index is 1.42. The molecule has 1 saturated heterocycles. The molecule has 2 aromatic heterocycles. The van der Waals surface area contributed by atoms with Gasteiger partial charge in [-0.3, -0.25) is 4.79 Å². The van der Waals surface area contributed by atoms with E-state index in [0.717, 1.165) is 59.6 Å². The molecule has 2 aromatic carbocycles. The second kappa shape index (κ2) is 9.61. The zero-order valence-electron chi connectivity index (χ0n) is 20.9. The van der Waals surface area contributed by atoms with E-state index in [1.165, 1.54) is 5.56 Å². The fraction of sp³-hybridized carbons (Fsp3) is 0.379. The summed E-state index contributed by atoms with van der Waals surface area (Å²) in [5.41, 5.74) is 6.30. The van der Waals surface area contributed by atoms with Crippen LogP contribution >= 0.6 is 0 Å². The van der Waals surface area contributed by atoms with Gasteiger partial charge < -0.3 is 9.32 Å². The molecule has 0 bridgehead atoms. The van der Waals surface area contributed by atoms with Crippen LogP contribution in [0.4, 0.5) is 0 Å². The maximum absolute atomic E-state index is 14.0. The number of likely N-dealkylation sites (tertiary alicyclic amines) is 1. The van der Waals surface area contributed by atoms with Gasteiger partial charge in [0.05, 0.1) is 5.69 Å². The molecule has 0 unspecified atom stereocenters. The van der Waals surface area contributed by atoms with Gasteiger partial charge in [0, 0.05) is 36.3 Å². The monoisotopic (exact) mass is 468 g/mol. The molecule has 5 rings (SSSR count). The predicted octanol–water partition coefficient (Wildman–Crippen LogP) is 6.08. The minimum absolute atomic E-state index is 0.0738. The van der Waals surface area contributed by atoms with Gasteiger partial charge >= 0.3 is 0 Å². The summed E-state index contributed by atoms with van der Waals surface area (Å²) < 4.78 is 6.00. The molecule has 35 heavy (non-hydrogen) atoms. The lowest BCUT2D eigenvalue weighted by Crippen LogP contribution is -2.48. The average Bonchev–Trinajstić information content (AvgIpc) is 3.24. The van der Waals surface area contributed by atoms with Crippen LogP contribution in [0.1, 0.15) is 59.4 Å². The molecular weight excluding hydrogens is 436 g/mol. The lowest BCUT2D eigenvalue weighted by Gasteiger charge is -2.40. The number of rotatable bonds is 5. The van der Waals surface area contributed by atoms with E-state index < -0.39 is 0 Å². The molecule has 2 atom stereocenters. The van der Waals surface area contributed by atoms with E-state index in [9.17, 15) is 4.79 Å².